The number of amides is 1. The number of nitrogens with zero attached hydrogens (tertiary/aromatic N) is 3. The highest BCUT2D eigenvalue weighted by Gasteiger charge is 2.36. The van der Waals surface area contributed by atoms with Gasteiger partial charge in [0.1, 0.15) is 6.04 Å². The van der Waals surface area contributed by atoms with Crippen molar-refractivity contribution in [2.24, 2.45) is 5.73 Å². The molecule has 0 saturated heterocycles. The topological polar surface area (TPSA) is 132 Å². The summed E-state index contributed by atoms with van der Waals surface area (Å²) in [4.78, 5) is 17.2. The van der Waals surface area contributed by atoms with Crippen LogP contribution in [0.4, 0.5) is 5.95 Å². The molecule has 0 radical (unpaired) electrons. The van der Waals surface area contributed by atoms with Crippen molar-refractivity contribution in [1.29, 1.82) is 0 Å². The van der Waals surface area contributed by atoms with Gasteiger partial charge in [-0.15, -0.1) is 5.10 Å². The minimum absolute atomic E-state index is 0.324. The van der Waals surface area contributed by atoms with E-state index in [9.17, 15) is 4.79 Å². The quantitative estimate of drug-likeness (QED) is 0.498. The Hall–Kier alpha value is -4.41. The van der Waals surface area contributed by atoms with Crippen LogP contribution in [0.2, 0.25) is 0 Å². The normalized spacial score (nSPS) is 14.6. The fraction of sp³-hybridized carbons (Fsp3) is 0.292. The van der Waals surface area contributed by atoms with E-state index < -0.39 is 11.9 Å². The average molecular weight is 482 g/mol. The van der Waals surface area contributed by atoms with Gasteiger partial charge >= 0.3 is 0 Å². The van der Waals surface area contributed by atoms with Gasteiger partial charge in [-0.1, -0.05) is 12.1 Å². The van der Waals surface area contributed by atoms with E-state index in [1.807, 2.05) is 12.1 Å². The lowest BCUT2D eigenvalue weighted by Crippen LogP contribution is -2.32. The van der Waals surface area contributed by atoms with Crippen LogP contribution in [0.5, 0.6) is 28.7 Å². The zero-order valence-corrected chi connectivity index (χ0v) is 20.3. The number of para-hydroxylation sites is 1. The Morgan fingerprint density at radius 3 is 2.11 bits per heavy atom. The molecule has 1 unspecified atom stereocenters. The third-order valence-electron chi connectivity index (χ3n) is 5.77. The van der Waals surface area contributed by atoms with E-state index in [2.05, 4.69) is 10.3 Å². The highest BCUT2D eigenvalue weighted by molar-refractivity contribution is 5.95. The molecule has 11 heteroatoms. The summed E-state index contributed by atoms with van der Waals surface area (Å²) in [6.45, 7) is 1.76. The van der Waals surface area contributed by atoms with Gasteiger partial charge in [-0.05, 0) is 25.1 Å². The number of fused-ring (bicyclic) bond motifs is 1. The average Bonchev–Trinajstić information content (AvgIpc) is 3.29. The number of allylic oxidation sites excluding steroid dienone is 1. The summed E-state index contributed by atoms with van der Waals surface area (Å²) in [6.07, 6.45) is 0. The second-order valence-electron chi connectivity index (χ2n) is 7.63. The molecule has 0 fully saturated rings. The fourth-order valence-corrected chi connectivity index (χ4v) is 4.22. The zero-order valence-electron chi connectivity index (χ0n) is 20.3. The monoisotopic (exact) mass is 481 g/mol. The standard InChI is InChI=1S/C24H27N5O6/c1-12-18(22(25)30)19(14-8-7-9-15(31-2)20(14)34-5)29-24(26-12)27-23(28-29)13-10-16(32-3)21(35-6)17(11-13)33-4/h7-11,19H,1-6H3,(H2,25,30)(H,26,27,28). The van der Waals surface area contributed by atoms with Gasteiger partial charge < -0.3 is 34.7 Å². The molecule has 184 valence electrons. The fourth-order valence-electron chi connectivity index (χ4n) is 4.22. The number of ether oxygens (including phenoxy) is 5. The van der Waals surface area contributed by atoms with Crippen LogP contribution in [0, 0.1) is 0 Å². The Bertz CT molecular complexity index is 1290. The van der Waals surface area contributed by atoms with Crippen molar-refractivity contribution >= 4 is 11.9 Å². The predicted molar refractivity (Wildman–Crippen MR) is 128 cm³/mol. The van der Waals surface area contributed by atoms with Crippen molar-refractivity contribution in [1.82, 2.24) is 14.8 Å². The molecule has 35 heavy (non-hydrogen) atoms. The number of carbonyl (C=O) groups excluding carboxylic acids is 1. The van der Waals surface area contributed by atoms with Gasteiger partial charge in [-0.3, -0.25) is 4.79 Å². The number of nitrogens with one attached hydrogen (secondary N) is 1. The van der Waals surface area contributed by atoms with Gasteiger partial charge in [0, 0.05) is 16.8 Å². The number of benzene rings is 2. The van der Waals surface area contributed by atoms with E-state index in [0.29, 0.717) is 62.9 Å². The maximum atomic E-state index is 12.6. The van der Waals surface area contributed by atoms with Crippen LogP contribution in [0.3, 0.4) is 0 Å². The molecule has 0 bridgehead atoms. The van der Waals surface area contributed by atoms with Gasteiger partial charge in [-0.25, -0.2) is 4.68 Å². The molecule has 0 spiro atoms. The van der Waals surface area contributed by atoms with Crippen LogP contribution in [-0.2, 0) is 4.79 Å². The van der Waals surface area contributed by atoms with E-state index >= 15 is 0 Å². The van der Waals surface area contributed by atoms with Crippen molar-refractivity contribution in [2.75, 3.05) is 40.9 Å². The molecule has 3 aromatic rings. The maximum Gasteiger partial charge on any atom is 0.248 e. The molecule has 0 aliphatic carbocycles. The second kappa shape index (κ2) is 9.45. The van der Waals surface area contributed by atoms with E-state index in [-0.39, 0.29) is 0 Å². The molecule has 1 aliphatic heterocycles. The number of hydrogen-bond donors (Lipinski definition) is 2. The summed E-state index contributed by atoms with van der Waals surface area (Å²) in [7, 11) is 7.68. The maximum absolute atomic E-state index is 12.6. The smallest absolute Gasteiger partial charge is 0.248 e. The lowest BCUT2D eigenvalue weighted by molar-refractivity contribution is -0.115. The third-order valence-corrected chi connectivity index (χ3v) is 5.77. The van der Waals surface area contributed by atoms with E-state index in [1.54, 1.807) is 36.9 Å². The Balaban J connectivity index is 1.93. The number of carbonyl (C=O) groups is 1. The number of primary amides is 1. The Labute approximate surface area is 202 Å². The van der Waals surface area contributed by atoms with Crippen LogP contribution in [0.25, 0.3) is 11.4 Å². The molecule has 2 heterocycles. The summed E-state index contributed by atoms with van der Waals surface area (Å²) in [5, 5.41) is 7.87. The first-order chi connectivity index (χ1) is 16.9. The SMILES string of the molecule is COc1cc(-c2nc3n(n2)C(c2cccc(OC)c2OC)C(C(N)=O)=C(C)N3)cc(OC)c1OC. The van der Waals surface area contributed by atoms with Crippen LogP contribution >= 0.6 is 0 Å². The summed E-state index contributed by atoms with van der Waals surface area (Å²) in [5.41, 5.74) is 7.96. The molecule has 1 amide bonds. The molecular formula is C24H27N5O6. The van der Waals surface area contributed by atoms with Gasteiger partial charge in [0.05, 0.1) is 41.1 Å². The number of hydrogen-bond acceptors (Lipinski definition) is 9. The van der Waals surface area contributed by atoms with Crippen molar-refractivity contribution in [3.05, 3.63) is 47.2 Å². The Kier molecular flexibility index (Phi) is 6.41. The van der Waals surface area contributed by atoms with E-state index in [0.717, 1.165) is 0 Å². The number of nitrogens with two attached hydrogens (primary N) is 1. The molecule has 0 saturated carbocycles. The summed E-state index contributed by atoms with van der Waals surface area (Å²) < 4.78 is 29.1. The molecule has 1 aliphatic rings. The first-order valence-electron chi connectivity index (χ1n) is 10.6. The van der Waals surface area contributed by atoms with Crippen molar-refractivity contribution < 1.29 is 28.5 Å². The molecule has 4 rings (SSSR count). The molecule has 1 atom stereocenters. The van der Waals surface area contributed by atoms with Crippen LogP contribution in [0.1, 0.15) is 18.5 Å². The molecule has 3 N–H and O–H groups in total. The summed E-state index contributed by atoms with van der Waals surface area (Å²) in [6, 6.07) is 8.20. The van der Waals surface area contributed by atoms with Crippen LogP contribution in [0.15, 0.2) is 41.6 Å². The lowest BCUT2D eigenvalue weighted by Gasteiger charge is -2.29. The number of rotatable bonds is 8. The van der Waals surface area contributed by atoms with Crippen molar-refractivity contribution in [3.63, 3.8) is 0 Å². The van der Waals surface area contributed by atoms with E-state index in [1.165, 1.54) is 28.4 Å². The second-order valence-corrected chi connectivity index (χ2v) is 7.63. The van der Waals surface area contributed by atoms with Crippen LogP contribution in [-0.4, -0.2) is 56.2 Å². The largest absolute Gasteiger partial charge is 0.493 e. The van der Waals surface area contributed by atoms with Gasteiger partial charge in [0.25, 0.3) is 0 Å². The third kappa shape index (κ3) is 3.94. The first kappa shape index (κ1) is 23.7. The zero-order chi connectivity index (χ0) is 25.3. The van der Waals surface area contributed by atoms with Crippen molar-refractivity contribution in [2.45, 2.75) is 13.0 Å². The van der Waals surface area contributed by atoms with Gasteiger partial charge in [0.2, 0.25) is 17.6 Å². The lowest BCUT2D eigenvalue weighted by atomic mass is 9.94. The number of methoxy groups -OCH3 is 5. The van der Waals surface area contributed by atoms with Crippen LogP contribution < -0.4 is 34.7 Å². The number of aromatic nitrogens is 3. The molecule has 1 aromatic heterocycles. The van der Waals surface area contributed by atoms with Crippen molar-refractivity contribution in [3.8, 4) is 40.1 Å². The Morgan fingerprint density at radius 2 is 1.57 bits per heavy atom. The molecular weight excluding hydrogens is 454 g/mol. The summed E-state index contributed by atoms with van der Waals surface area (Å²) in [5.74, 6) is 2.54. The summed E-state index contributed by atoms with van der Waals surface area (Å²) >= 11 is 0. The van der Waals surface area contributed by atoms with E-state index in [4.69, 9.17) is 34.5 Å². The predicted octanol–water partition coefficient (Wildman–Crippen LogP) is 2.76. The minimum atomic E-state index is -0.711. The van der Waals surface area contributed by atoms with Gasteiger partial charge in [-0.2, -0.15) is 4.98 Å². The minimum Gasteiger partial charge on any atom is -0.493 e. The molecule has 11 nitrogen and oxygen atoms in total. The Morgan fingerprint density at radius 1 is 0.943 bits per heavy atom. The van der Waals surface area contributed by atoms with Gasteiger partial charge in [0.15, 0.2) is 28.8 Å². The molecule has 2 aromatic carbocycles. The highest BCUT2D eigenvalue weighted by Crippen LogP contribution is 2.44. The first-order valence-corrected chi connectivity index (χ1v) is 10.6. The highest BCUT2D eigenvalue weighted by atomic mass is 16.5. The number of anilines is 1.